The van der Waals surface area contributed by atoms with Gasteiger partial charge in [-0.1, -0.05) is 0 Å². The summed E-state index contributed by atoms with van der Waals surface area (Å²) < 4.78 is 5.28. The van der Waals surface area contributed by atoms with E-state index < -0.39 is 5.91 Å². The Kier molecular flexibility index (Phi) is 4.50. The lowest BCUT2D eigenvalue weighted by atomic mass is 10.2. The Hall–Kier alpha value is -2.76. The van der Waals surface area contributed by atoms with Crippen molar-refractivity contribution in [1.82, 2.24) is 10.9 Å². The van der Waals surface area contributed by atoms with Gasteiger partial charge in [0.15, 0.2) is 0 Å². The number of nitrogens with zero attached hydrogens (tertiary/aromatic N) is 1. The lowest BCUT2D eigenvalue weighted by Crippen LogP contribution is -2.41. The van der Waals surface area contributed by atoms with Crippen molar-refractivity contribution in [1.29, 1.82) is 0 Å². The number of hydrogen-bond donors (Lipinski definition) is 2. The molecule has 0 aliphatic rings. The van der Waals surface area contributed by atoms with Crippen molar-refractivity contribution in [3.63, 3.8) is 0 Å². The number of carbonyl (C=O) groups is 2. The van der Waals surface area contributed by atoms with Crippen LogP contribution in [0.15, 0.2) is 34.7 Å². The van der Waals surface area contributed by atoms with Gasteiger partial charge in [0.05, 0.1) is 5.56 Å². The molecule has 2 N–H and O–H groups in total. The van der Waals surface area contributed by atoms with Crippen LogP contribution in [-0.4, -0.2) is 25.9 Å². The molecule has 0 radical (unpaired) electrons. The summed E-state index contributed by atoms with van der Waals surface area (Å²) in [5.74, 6) is 0.372. The largest absolute Gasteiger partial charge is 0.466 e. The van der Waals surface area contributed by atoms with Gasteiger partial charge in [0.25, 0.3) is 11.8 Å². The Morgan fingerprint density at radius 3 is 2.09 bits per heavy atom. The van der Waals surface area contributed by atoms with Crippen molar-refractivity contribution in [2.75, 3.05) is 19.0 Å². The van der Waals surface area contributed by atoms with Crippen molar-refractivity contribution in [3.05, 3.63) is 53.0 Å². The predicted molar refractivity (Wildman–Crippen MR) is 83.9 cm³/mol. The van der Waals surface area contributed by atoms with Gasteiger partial charge in [-0.05, 0) is 44.2 Å². The second kappa shape index (κ2) is 6.34. The number of furan rings is 1. The van der Waals surface area contributed by atoms with Gasteiger partial charge in [0.1, 0.15) is 11.5 Å². The topological polar surface area (TPSA) is 74.6 Å². The van der Waals surface area contributed by atoms with Gasteiger partial charge in [-0.3, -0.25) is 20.4 Å². The summed E-state index contributed by atoms with van der Waals surface area (Å²) in [5, 5.41) is 0. The zero-order valence-electron chi connectivity index (χ0n) is 13.1. The summed E-state index contributed by atoms with van der Waals surface area (Å²) in [6.07, 6.45) is 0. The van der Waals surface area contributed by atoms with E-state index in [1.807, 2.05) is 31.1 Å². The molecule has 0 saturated heterocycles. The lowest BCUT2D eigenvalue weighted by molar-refractivity contribution is 0.0845. The highest BCUT2D eigenvalue weighted by atomic mass is 16.3. The first-order valence-electron chi connectivity index (χ1n) is 6.83. The molecule has 2 rings (SSSR count). The van der Waals surface area contributed by atoms with Crippen LogP contribution in [0, 0.1) is 13.8 Å². The molecular weight excluding hydrogens is 282 g/mol. The van der Waals surface area contributed by atoms with Gasteiger partial charge in [-0.25, -0.2) is 0 Å². The lowest BCUT2D eigenvalue weighted by Gasteiger charge is -2.12. The molecule has 6 heteroatoms. The van der Waals surface area contributed by atoms with Gasteiger partial charge >= 0.3 is 0 Å². The number of hydrazine groups is 1. The molecule has 0 spiro atoms. The molecule has 0 bridgehead atoms. The average Bonchev–Trinajstić information content (AvgIpc) is 2.83. The Morgan fingerprint density at radius 1 is 1.00 bits per heavy atom. The number of hydrogen-bond acceptors (Lipinski definition) is 4. The Morgan fingerprint density at radius 2 is 1.59 bits per heavy atom. The van der Waals surface area contributed by atoms with Crippen molar-refractivity contribution in [3.8, 4) is 0 Å². The minimum atomic E-state index is -0.410. The number of amides is 2. The van der Waals surface area contributed by atoms with Crippen LogP contribution >= 0.6 is 0 Å². The van der Waals surface area contributed by atoms with Crippen LogP contribution in [0.25, 0.3) is 0 Å². The fraction of sp³-hybridized carbons (Fsp3) is 0.250. The molecule has 0 fully saturated rings. The molecule has 2 aromatic rings. The van der Waals surface area contributed by atoms with Crippen molar-refractivity contribution in [2.24, 2.45) is 0 Å². The third-order valence-electron chi connectivity index (χ3n) is 3.22. The highest BCUT2D eigenvalue weighted by Crippen LogP contribution is 2.13. The molecule has 22 heavy (non-hydrogen) atoms. The van der Waals surface area contributed by atoms with Gasteiger partial charge in [0, 0.05) is 25.3 Å². The monoisotopic (exact) mass is 301 g/mol. The first-order valence-corrected chi connectivity index (χ1v) is 6.83. The first-order chi connectivity index (χ1) is 10.4. The molecule has 6 nitrogen and oxygen atoms in total. The highest BCUT2D eigenvalue weighted by molar-refractivity contribution is 5.99. The maximum absolute atomic E-state index is 12.0. The fourth-order valence-corrected chi connectivity index (χ4v) is 2.02. The van der Waals surface area contributed by atoms with Crippen LogP contribution in [-0.2, 0) is 0 Å². The molecule has 1 aromatic heterocycles. The van der Waals surface area contributed by atoms with E-state index in [-0.39, 0.29) is 5.91 Å². The quantitative estimate of drug-likeness (QED) is 0.851. The van der Waals surface area contributed by atoms with Gasteiger partial charge in [-0.15, -0.1) is 0 Å². The van der Waals surface area contributed by atoms with Crippen LogP contribution in [0.1, 0.15) is 32.2 Å². The van der Waals surface area contributed by atoms with E-state index in [4.69, 9.17) is 4.42 Å². The Bertz CT molecular complexity index is 687. The molecule has 116 valence electrons. The summed E-state index contributed by atoms with van der Waals surface area (Å²) in [7, 11) is 3.84. The predicted octanol–water partition coefficient (Wildman–Crippen LogP) is 2.04. The van der Waals surface area contributed by atoms with E-state index in [0.717, 1.165) is 5.69 Å². The van der Waals surface area contributed by atoms with Gasteiger partial charge < -0.3 is 9.32 Å². The summed E-state index contributed by atoms with van der Waals surface area (Å²) in [6, 6.07) is 8.69. The zero-order valence-corrected chi connectivity index (χ0v) is 13.1. The molecule has 0 aliphatic carbocycles. The van der Waals surface area contributed by atoms with Crippen LogP contribution in [0.2, 0.25) is 0 Å². The maximum Gasteiger partial charge on any atom is 0.273 e. The van der Waals surface area contributed by atoms with Crippen molar-refractivity contribution in [2.45, 2.75) is 13.8 Å². The number of carbonyl (C=O) groups excluding carboxylic acids is 2. The smallest absolute Gasteiger partial charge is 0.273 e. The summed E-state index contributed by atoms with van der Waals surface area (Å²) in [5.41, 5.74) is 6.63. The number of rotatable bonds is 3. The standard InChI is InChI=1S/C16H19N3O3/c1-10-9-14(11(2)22-10)16(21)18-17-15(20)12-5-7-13(8-6-12)19(3)4/h5-9H,1-4H3,(H,17,20)(H,18,21). The van der Waals surface area contributed by atoms with Gasteiger partial charge in [0.2, 0.25) is 0 Å². The van der Waals surface area contributed by atoms with Crippen LogP contribution in [0.5, 0.6) is 0 Å². The molecular formula is C16H19N3O3. The summed E-state index contributed by atoms with van der Waals surface area (Å²) >= 11 is 0. The molecule has 0 unspecified atom stereocenters. The van der Waals surface area contributed by atoms with Crippen LogP contribution in [0.4, 0.5) is 5.69 Å². The van der Waals surface area contributed by atoms with Crippen LogP contribution < -0.4 is 15.8 Å². The van der Waals surface area contributed by atoms with E-state index in [9.17, 15) is 9.59 Å². The van der Waals surface area contributed by atoms with E-state index in [0.29, 0.717) is 22.6 Å². The molecule has 0 saturated carbocycles. The molecule has 1 aromatic carbocycles. The van der Waals surface area contributed by atoms with Crippen LogP contribution in [0.3, 0.4) is 0 Å². The number of aryl methyl sites for hydroxylation is 2. The van der Waals surface area contributed by atoms with Crippen molar-refractivity contribution >= 4 is 17.5 Å². The third kappa shape index (κ3) is 3.46. The number of benzene rings is 1. The molecule has 0 atom stereocenters. The zero-order chi connectivity index (χ0) is 16.3. The van der Waals surface area contributed by atoms with Gasteiger partial charge in [-0.2, -0.15) is 0 Å². The SMILES string of the molecule is Cc1cc(C(=O)NNC(=O)c2ccc(N(C)C)cc2)c(C)o1. The van der Waals surface area contributed by atoms with E-state index in [1.54, 1.807) is 32.0 Å². The number of nitrogens with one attached hydrogen (secondary N) is 2. The first kappa shape index (κ1) is 15.6. The van der Waals surface area contributed by atoms with Crippen molar-refractivity contribution < 1.29 is 14.0 Å². The van der Waals surface area contributed by atoms with E-state index >= 15 is 0 Å². The minimum absolute atomic E-state index is 0.378. The molecule has 0 aliphatic heterocycles. The Labute approximate surface area is 129 Å². The maximum atomic E-state index is 12.0. The normalized spacial score (nSPS) is 10.2. The second-order valence-corrected chi connectivity index (χ2v) is 5.18. The summed E-state index contributed by atoms with van der Waals surface area (Å²) in [4.78, 5) is 25.9. The number of anilines is 1. The molecule has 1 heterocycles. The third-order valence-corrected chi connectivity index (χ3v) is 3.22. The minimum Gasteiger partial charge on any atom is -0.466 e. The average molecular weight is 301 g/mol. The van der Waals surface area contributed by atoms with E-state index in [1.165, 1.54) is 0 Å². The summed E-state index contributed by atoms with van der Waals surface area (Å²) in [6.45, 7) is 3.46. The molecule has 2 amide bonds. The highest BCUT2D eigenvalue weighted by Gasteiger charge is 2.14. The Balaban J connectivity index is 1.97. The van der Waals surface area contributed by atoms with E-state index in [2.05, 4.69) is 10.9 Å². The fourth-order valence-electron chi connectivity index (χ4n) is 2.02. The second-order valence-electron chi connectivity index (χ2n) is 5.18.